The van der Waals surface area contributed by atoms with Gasteiger partial charge >= 0.3 is 5.97 Å². The van der Waals surface area contributed by atoms with Crippen molar-refractivity contribution in [3.8, 4) is 0 Å². The molecule has 0 bridgehead atoms. The summed E-state index contributed by atoms with van der Waals surface area (Å²) in [5.41, 5.74) is 0. The molecule has 1 unspecified atom stereocenters. The number of carbonyl (C=O) groups excluding carboxylic acids is 2. The van der Waals surface area contributed by atoms with Crippen LogP contribution in [-0.2, 0) is 14.4 Å². The van der Waals surface area contributed by atoms with Gasteiger partial charge in [-0.1, -0.05) is 32.1 Å². The smallest absolute Gasteiger partial charge is 0.326 e. The zero-order valence-electron chi connectivity index (χ0n) is 11.1. The number of carbonyl (C=O) groups is 3. The van der Waals surface area contributed by atoms with E-state index in [1.165, 1.54) is 6.42 Å². The van der Waals surface area contributed by atoms with E-state index in [2.05, 4.69) is 0 Å². The Kier molecular flexibility index (Phi) is 4.56. The molecule has 1 aliphatic heterocycles. The van der Waals surface area contributed by atoms with Crippen LogP contribution in [0.3, 0.4) is 0 Å². The Morgan fingerprint density at radius 2 is 1.68 bits per heavy atom. The molecular weight excluding hydrogens is 246 g/mol. The van der Waals surface area contributed by atoms with Crippen molar-refractivity contribution in [2.45, 2.75) is 63.8 Å². The first-order chi connectivity index (χ1) is 9.09. The topological polar surface area (TPSA) is 74.7 Å². The molecule has 1 atom stereocenters. The second-order valence-electron chi connectivity index (χ2n) is 5.60. The maximum absolute atomic E-state index is 11.8. The molecule has 1 N–H and O–H groups in total. The van der Waals surface area contributed by atoms with Gasteiger partial charge in [0, 0.05) is 12.8 Å². The maximum Gasteiger partial charge on any atom is 0.326 e. The number of carboxylic acid groups (broad SMARTS) is 1. The molecule has 2 aliphatic rings. The zero-order chi connectivity index (χ0) is 13.8. The number of nitrogens with zero attached hydrogens (tertiary/aromatic N) is 1. The van der Waals surface area contributed by atoms with Crippen molar-refractivity contribution in [1.29, 1.82) is 0 Å². The second kappa shape index (κ2) is 6.17. The molecule has 2 fully saturated rings. The van der Waals surface area contributed by atoms with Crippen molar-refractivity contribution in [2.75, 3.05) is 0 Å². The number of imide groups is 1. The maximum atomic E-state index is 11.8. The van der Waals surface area contributed by atoms with E-state index < -0.39 is 12.0 Å². The molecule has 1 saturated carbocycles. The minimum absolute atomic E-state index is 0.292. The Morgan fingerprint density at radius 3 is 2.21 bits per heavy atom. The quantitative estimate of drug-likeness (QED) is 0.790. The third-order valence-corrected chi connectivity index (χ3v) is 4.20. The lowest BCUT2D eigenvalue weighted by Gasteiger charge is -2.33. The minimum atomic E-state index is -1.05. The van der Waals surface area contributed by atoms with E-state index in [0.29, 0.717) is 31.6 Å². The molecule has 2 rings (SSSR count). The van der Waals surface area contributed by atoms with Crippen LogP contribution in [0.2, 0.25) is 0 Å². The first-order valence-corrected chi connectivity index (χ1v) is 7.17. The van der Waals surface area contributed by atoms with Gasteiger partial charge in [-0.2, -0.15) is 0 Å². The summed E-state index contributed by atoms with van der Waals surface area (Å²) in [6, 6.07) is -0.955. The number of carboxylic acids is 1. The van der Waals surface area contributed by atoms with Crippen LogP contribution in [-0.4, -0.2) is 33.8 Å². The third kappa shape index (κ3) is 3.33. The lowest BCUT2D eigenvalue weighted by molar-refractivity contribution is -0.161. The highest BCUT2D eigenvalue weighted by Crippen LogP contribution is 2.30. The van der Waals surface area contributed by atoms with Crippen molar-refractivity contribution in [3.63, 3.8) is 0 Å². The molecule has 19 heavy (non-hydrogen) atoms. The van der Waals surface area contributed by atoms with Crippen LogP contribution in [0.1, 0.15) is 57.8 Å². The average molecular weight is 267 g/mol. The molecule has 1 heterocycles. The minimum Gasteiger partial charge on any atom is -0.480 e. The SMILES string of the molecule is O=C(O)C(CC1CCCCC1)N1C(=O)CCCC1=O. The lowest BCUT2D eigenvalue weighted by Crippen LogP contribution is -2.51. The highest BCUT2D eigenvalue weighted by Gasteiger charge is 2.37. The van der Waals surface area contributed by atoms with Gasteiger partial charge in [-0.25, -0.2) is 4.79 Å². The molecule has 0 aromatic rings. The van der Waals surface area contributed by atoms with Gasteiger partial charge in [0.15, 0.2) is 0 Å². The van der Waals surface area contributed by atoms with Gasteiger partial charge in [0.25, 0.3) is 0 Å². The molecule has 5 heteroatoms. The molecule has 106 valence electrons. The van der Waals surface area contributed by atoms with Gasteiger partial charge in [-0.05, 0) is 18.8 Å². The fourth-order valence-corrected chi connectivity index (χ4v) is 3.17. The van der Waals surface area contributed by atoms with Crippen molar-refractivity contribution >= 4 is 17.8 Å². The molecule has 2 amide bonds. The number of hydrogen-bond donors (Lipinski definition) is 1. The Balaban J connectivity index is 2.07. The van der Waals surface area contributed by atoms with Gasteiger partial charge in [0.05, 0.1) is 0 Å². The van der Waals surface area contributed by atoms with Crippen LogP contribution in [0.25, 0.3) is 0 Å². The highest BCUT2D eigenvalue weighted by molar-refractivity contribution is 6.01. The van der Waals surface area contributed by atoms with Gasteiger partial charge in [0.1, 0.15) is 6.04 Å². The van der Waals surface area contributed by atoms with Gasteiger partial charge in [-0.3, -0.25) is 14.5 Å². The summed E-state index contributed by atoms with van der Waals surface area (Å²) < 4.78 is 0. The van der Waals surface area contributed by atoms with E-state index in [4.69, 9.17) is 0 Å². The van der Waals surface area contributed by atoms with Crippen molar-refractivity contribution in [3.05, 3.63) is 0 Å². The van der Waals surface area contributed by atoms with Gasteiger partial charge in [0.2, 0.25) is 11.8 Å². The molecule has 0 aromatic heterocycles. The molecule has 5 nitrogen and oxygen atoms in total. The first-order valence-electron chi connectivity index (χ1n) is 7.17. The average Bonchev–Trinajstić information content (AvgIpc) is 2.38. The number of piperidine rings is 1. The standard InChI is InChI=1S/C14H21NO4/c16-12-7-4-8-13(17)15(12)11(14(18)19)9-10-5-2-1-3-6-10/h10-11H,1-9H2,(H,18,19). The molecule has 0 aromatic carbocycles. The predicted octanol–water partition coefficient (Wildman–Crippen LogP) is 1.95. The summed E-state index contributed by atoms with van der Waals surface area (Å²) in [4.78, 5) is 36.1. The van der Waals surface area contributed by atoms with E-state index in [1.54, 1.807) is 0 Å². The monoisotopic (exact) mass is 267 g/mol. The fraction of sp³-hybridized carbons (Fsp3) is 0.786. The predicted molar refractivity (Wildman–Crippen MR) is 68.3 cm³/mol. The van der Waals surface area contributed by atoms with Crippen LogP contribution < -0.4 is 0 Å². The largest absolute Gasteiger partial charge is 0.480 e. The fourth-order valence-electron chi connectivity index (χ4n) is 3.17. The number of likely N-dealkylation sites (tertiary alicyclic amines) is 1. The molecular formula is C14H21NO4. The lowest BCUT2D eigenvalue weighted by atomic mass is 9.84. The van der Waals surface area contributed by atoms with E-state index in [0.717, 1.165) is 30.6 Å². The van der Waals surface area contributed by atoms with Crippen LogP contribution >= 0.6 is 0 Å². The first kappa shape index (κ1) is 14.0. The van der Waals surface area contributed by atoms with Crippen molar-refractivity contribution in [1.82, 2.24) is 4.90 Å². The zero-order valence-corrected chi connectivity index (χ0v) is 11.1. The van der Waals surface area contributed by atoms with Crippen LogP contribution in [0.15, 0.2) is 0 Å². The molecule has 0 radical (unpaired) electrons. The highest BCUT2D eigenvalue weighted by atomic mass is 16.4. The third-order valence-electron chi connectivity index (χ3n) is 4.20. The molecule has 1 saturated heterocycles. The van der Waals surface area contributed by atoms with E-state index in [-0.39, 0.29) is 11.8 Å². The van der Waals surface area contributed by atoms with E-state index >= 15 is 0 Å². The Hall–Kier alpha value is -1.39. The number of amides is 2. The summed E-state index contributed by atoms with van der Waals surface area (Å²) in [5.74, 6) is -1.36. The summed E-state index contributed by atoms with van der Waals surface area (Å²) in [6.07, 6.45) is 7.03. The van der Waals surface area contributed by atoms with Gasteiger partial charge < -0.3 is 5.11 Å². The summed E-state index contributed by atoms with van der Waals surface area (Å²) in [7, 11) is 0. The molecule has 0 spiro atoms. The van der Waals surface area contributed by atoms with Gasteiger partial charge in [-0.15, -0.1) is 0 Å². The summed E-state index contributed by atoms with van der Waals surface area (Å²) in [5, 5.41) is 9.35. The van der Waals surface area contributed by atoms with E-state index in [9.17, 15) is 19.5 Å². The van der Waals surface area contributed by atoms with Crippen LogP contribution in [0, 0.1) is 5.92 Å². The molecule has 1 aliphatic carbocycles. The summed E-state index contributed by atoms with van der Waals surface area (Å²) >= 11 is 0. The number of rotatable bonds is 4. The van der Waals surface area contributed by atoms with E-state index in [1.807, 2.05) is 0 Å². The second-order valence-corrected chi connectivity index (χ2v) is 5.60. The summed E-state index contributed by atoms with van der Waals surface area (Å²) in [6.45, 7) is 0. The van der Waals surface area contributed by atoms with Crippen LogP contribution in [0.4, 0.5) is 0 Å². The normalized spacial score (nSPS) is 23.5. The van der Waals surface area contributed by atoms with Crippen molar-refractivity contribution < 1.29 is 19.5 Å². The van der Waals surface area contributed by atoms with Crippen molar-refractivity contribution in [2.24, 2.45) is 5.92 Å². The Morgan fingerprint density at radius 1 is 1.11 bits per heavy atom. The Labute approximate surface area is 113 Å². The van der Waals surface area contributed by atoms with Crippen LogP contribution in [0.5, 0.6) is 0 Å². The Bertz CT molecular complexity index is 358. The number of aliphatic carboxylic acids is 1. The number of hydrogen-bond acceptors (Lipinski definition) is 3.